The van der Waals surface area contributed by atoms with Crippen LogP contribution in [0.4, 0.5) is 10.1 Å². The van der Waals surface area contributed by atoms with Gasteiger partial charge in [-0.3, -0.25) is 9.59 Å². The maximum Gasteiger partial charge on any atom is 0.229 e. The number of nitrogens with zero attached hydrogens (tertiary/aromatic N) is 1. The Hall–Kier alpha value is -2.89. The summed E-state index contributed by atoms with van der Waals surface area (Å²) >= 11 is 0. The van der Waals surface area contributed by atoms with Crippen LogP contribution in [0.15, 0.2) is 48.5 Å². The normalized spacial score (nSPS) is 16.5. The molecule has 3 rings (SSSR count). The zero-order valence-corrected chi connectivity index (χ0v) is 16.0. The number of nitrogens with one attached hydrogen (secondary N) is 1. The topological polar surface area (TPSA) is 58.6 Å². The van der Waals surface area contributed by atoms with Gasteiger partial charge in [0.05, 0.1) is 13.0 Å². The lowest BCUT2D eigenvalue weighted by molar-refractivity contribution is -0.134. The molecule has 1 N–H and O–H groups in total. The van der Waals surface area contributed by atoms with Gasteiger partial charge in [-0.2, -0.15) is 0 Å². The summed E-state index contributed by atoms with van der Waals surface area (Å²) in [6, 6.07) is 14.1. The third-order valence-corrected chi connectivity index (χ3v) is 5.03. The average molecular weight is 384 g/mol. The van der Waals surface area contributed by atoms with Crippen LogP contribution >= 0.6 is 0 Å². The van der Waals surface area contributed by atoms with E-state index in [0.717, 1.165) is 24.1 Å². The van der Waals surface area contributed by atoms with E-state index in [1.54, 1.807) is 17.0 Å². The number of ether oxygens (including phenoxy) is 1. The summed E-state index contributed by atoms with van der Waals surface area (Å²) in [6.45, 7) is 1.08. The summed E-state index contributed by atoms with van der Waals surface area (Å²) < 4.78 is 18.7. The number of carbonyl (C=O) groups excluding carboxylic acids is 2. The van der Waals surface area contributed by atoms with Crippen molar-refractivity contribution in [3.63, 3.8) is 0 Å². The molecule has 1 aliphatic rings. The van der Waals surface area contributed by atoms with Gasteiger partial charge < -0.3 is 15.0 Å². The lowest BCUT2D eigenvalue weighted by Gasteiger charge is -2.32. The molecule has 1 atom stereocenters. The third kappa shape index (κ3) is 5.09. The number of carbonyl (C=O) groups is 2. The third-order valence-electron chi connectivity index (χ3n) is 5.03. The van der Waals surface area contributed by atoms with Crippen LogP contribution in [0.3, 0.4) is 0 Å². The van der Waals surface area contributed by atoms with Crippen LogP contribution in [0.25, 0.3) is 0 Å². The number of methoxy groups -OCH3 is 1. The summed E-state index contributed by atoms with van der Waals surface area (Å²) in [5, 5.41) is 2.92. The van der Waals surface area contributed by atoms with Crippen LogP contribution in [-0.4, -0.2) is 36.9 Å². The van der Waals surface area contributed by atoms with Gasteiger partial charge in [0.25, 0.3) is 0 Å². The molecule has 1 unspecified atom stereocenters. The first-order valence-electron chi connectivity index (χ1n) is 9.53. The molecule has 2 aromatic carbocycles. The largest absolute Gasteiger partial charge is 0.494 e. The number of rotatable bonds is 6. The Morgan fingerprint density at radius 3 is 2.71 bits per heavy atom. The van der Waals surface area contributed by atoms with Gasteiger partial charge in [0.1, 0.15) is 0 Å². The summed E-state index contributed by atoms with van der Waals surface area (Å²) in [5.74, 6) is -0.507. The molecule has 6 heteroatoms. The molecule has 0 bridgehead atoms. The van der Waals surface area contributed by atoms with Crippen LogP contribution < -0.4 is 10.1 Å². The Balaban J connectivity index is 1.52. The fraction of sp³-hybridized carbons (Fsp3) is 0.364. The van der Waals surface area contributed by atoms with Gasteiger partial charge in [0.15, 0.2) is 11.6 Å². The first-order valence-corrected chi connectivity index (χ1v) is 9.53. The molecule has 1 aliphatic heterocycles. The quantitative estimate of drug-likeness (QED) is 0.827. The SMILES string of the molecule is COc1ccc(CCC(=O)N2CCCC(C(=O)Nc3ccccc3)C2)cc1F. The fourth-order valence-electron chi connectivity index (χ4n) is 3.46. The van der Waals surface area contributed by atoms with E-state index < -0.39 is 5.82 Å². The second-order valence-electron chi connectivity index (χ2n) is 7.00. The molecule has 0 saturated carbocycles. The van der Waals surface area contributed by atoms with E-state index in [0.29, 0.717) is 25.9 Å². The molecule has 2 amide bonds. The molecular formula is C22H25FN2O3. The fourth-order valence-corrected chi connectivity index (χ4v) is 3.46. The van der Waals surface area contributed by atoms with Crippen molar-refractivity contribution in [3.8, 4) is 5.75 Å². The lowest BCUT2D eigenvalue weighted by atomic mass is 9.96. The number of likely N-dealkylation sites (tertiary alicyclic amines) is 1. The van der Waals surface area contributed by atoms with Crippen LogP contribution in [0.1, 0.15) is 24.8 Å². The van der Waals surface area contributed by atoms with Crippen molar-refractivity contribution < 1.29 is 18.7 Å². The Labute approximate surface area is 164 Å². The number of halogens is 1. The number of amides is 2. The van der Waals surface area contributed by atoms with Crippen molar-refractivity contribution in [1.82, 2.24) is 4.90 Å². The van der Waals surface area contributed by atoms with Gasteiger partial charge in [-0.15, -0.1) is 0 Å². The minimum Gasteiger partial charge on any atom is -0.494 e. The minimum atomic E-state index is -0.428. The predicted molar refractivity (Wildman–Crippen MR) is 106 cm³/mol. The number of aryl methyl sites for hydroxylation is 1. The summed E-state index contributed by atoms with van der Waals surface area (Å²) in [6.07, 6.45) is 2.32. The highest BCUT2D eigenvalue weighted by atomic mass is 19.1. The van der Waals surface area contributed by atoms with Gasteiger partial charge in [-0.1, -0.05) is 24.3 Å². The molecule has 2 aromatic rings. The number of piperidine rings is 1. The Morgan fingerprint density at radius 2 is 2.00 bits per heavy atom. The van der Waals surface area contributed by atoms with Crippen molar-refractivity contribution in [2.45, 2.75) is 25.7 Å². The number of hydrogen-bond acceptors (Lipinski definition) is 3. The van der Waals surface area contributed by atoms with E-state index in [-0.39, 0.29) is 23.5 Å². The predicted octanol–water partition coefficient (Wildman–Crippen LogP) is 3.64. The van der Waals surface area contributed by atoms with Crippen LogP contribution in [0.2, 0.25) is 0 Å². The van der Waals surface area contributed by atoms with Crippen LogP contribution in [-0.2, 0) is 16.0 Å². The van der Waals surface area contributed by atoms with E-state index >= 15 is 0 Å². The smallest absolute Gasteiger partial charge is 0.229 e. The monoisotopic (exact) mass is 384 g/mol. The van der Waals surface area contributed by atoms with E-state index in [9.17, 15) is 14.0 Å². The van der Waals surface area contributed by atoms with Crippen LogP contribution in [0, 0.1) is 11.7 Å². The maximum atomic E-state index is 13.8. The standard InChI is InChI=1S/C22H25FN2O3/c1-28-20-11-9-16(14-19(20)23)10-12-21(26)25-13-5-6-17(15-25)22(27)24-18-7-3-2-4-8-18/h2-4,7-9,11,14,17H,5-6,10,12-13,15H2,1H3,(H,24,27). The number of hydrogen-bond donors (Lipinski definition) is 1. The molecule has 1 heterocycles. The van der Waals surface area contributed by atoms with E-state index in [1.807, 2.05) is 30.3 Å². The first-order chi connectivity index (χ1) is 13.6. The number of anilines is 1. The van der Waals surface area contributed by atoms with Crippen LogP contribution in [0.5, 0.6) is 5.75 Å². The molecule has 1 fully saturated rings. The van der Waals surface area contributed by atoms with Gasteiger partial charge in [-0.25, -0.2) is 4.39 Å². The molecule has 5 nitrogen and oxygen atoms in total. The van der Waals surface area contributed by atoms with E-state index in [1.165, 1.54) is 13.2 Å². The highest BCUT2D eigenvalue weighted by molar-refractivity contribution is 5.93. The van der Waals surface area contributed by atoms with Gasteiger partial charge in [0, 0.05) is 25.2 Å². The second kappa shape index (κ2) is 9.35. The summed E-state index contributed by atoms with van der Waals surface area (Å²) in [5.41, 5.74) is 1.51. The summed E-state index contributed by atoms with van der Waals surface area (Å²) in [4.78, 5) is 26.8. The van der Waals surface area contributed by atoms with Gasteiger partial charge in [0.2, 0.25) is 11.8 Å². The number of para-hydroxylation sites is 1. The van der Waals surface area contributed by atoms with E-state index in [2.05, 4.69) is 5.32 Å². The second-order valence-corrected chi connectivity index (χ2v) is 7.00. The zero-order valence-electron chi connectivity index (χ0n) is 16.0. The Bertz CT molecular complexity index is 826. The highest BCUT2D eigenvalue weighted by Crippen LogP contribution is 2.21. The lowest BCUT2D eigenvalue weighted by Crippen LogP contribution is -2.43. The first kappa shape index (κ1) is 19.9. The molecule has 1 saturated heterocycles. The van der Waals surface area contributed by atoms with Crippen molar-refractivity contribution >= 4 is 17.5 Å². The molecule has 0 radical (unpaired) electrons. The summed E-state index contributed by atoms with van der Waals surface area (Å²) in [7, 11) is 1.42. The Kier molecular flexibility index (Phi) is 6.63. The minimum absolute atomic E-state index is 0.00608. The average Bonchev–Trinajstić information content (AvgIpc) is 2.73. The molecule has 0 aromatic heterocycles. The molecule has 0 spiro atoms. The van der Waals surface area contributed by atoms with Crippen molar-refractivity contribution in [2.75, 3.05) is 25.5 Å². The van der Waals surface area contributed by atoms with Crippen molar-refractivity contribution in [2.24, 2.45) is 5.92 Å². The van der Waals surface area contributed by atoms with Gasteiger partial charge in [-0.05, 0) is 49.1 Å². The van der Waals surface area contributed by atoms with E-state index in [4.69, 9.17) is 4.74 Å². The van der Waals surface area contributed by atoms with Gasteiger partial charge >= 0.3 is 0 Å². The zero-order chi connectivity index (χ0) is 19.9. The molecule has 28 heavy (non-hydrogen) atoms. The maximum absolute atomic E-state index is 13.8. The number of benzene rings is 2. The van der Waals surface area contributed by atoms with Crippen molar-refractivity contribution in [3.05, 3.63) is 59.9 Å². The molecule has 0 aliphatic carbocycles. The molecule has 148 valence electrons. The highest BCUT2D eigenvalue weighted by Gasteiger charge is 2.28. The Morgan fingerprint density at radius 1 is 1.21 bits per heavy atom. The van der Waals surface area contributed by atoms with Crippen molar-refractivity contribution in [1.29, 1.82) is 0 Å². The molecular weight excluding hydrogens is 359 g/mol.